The number of unbranched alkanes of at least 4 members (excludes halogenated alkanes) is 1. The van der Waals surface area contributed by atoms with Crippen molar-refractivity contribution in [2.45, 2.75) is 26.3 Å². The Kier molecular flexibility index (Phi) is 8.38. The molecule has 0 fully saturated rings. The van der Waals surface area contributed by atoms with E-state index in [-0.39, 0.29) is 24.0 Å². The fraction of sp³-hybridized carbons (Fsp3) is 0.400. The zero-order valence-electron chi connectivity index (χ0n) is 13.4. The van der Waals surface area contributed by atoms with E-state index >= 15 is 0 Å². The van der Waals surface area contributed by atoms with E-state index in [2.05, 4.69) is 32.4 Å². The molecular formula is C15H23IN6O. The molecule has 0 saturated heterocycles. The second-order valence-electron chi connectivity index (χ2n) is 4.82. The molecule has 0 saturated carbocycles. The SMILES string of the molecule is CCCCNC(N)=NCc1nc(-c2ccc(OC)cc2)n[nH]1.I. The predicted molar refractivity (Wildman–Crippen MR) is 102 cm³/mol. The molecule has 4 N–H and O–H groups in total. The van der Waals surface area contributed by atoms with Gasteiger partial charge in [0.05, 0.1) is 7.11 Å². The normalized spacial score (nSPS) is 11.0. The highest BCUT2D eigenvalue weighted by atomic mass is 127. The molecule has 126 valence electrons. The lowest BCUT2D eigenvalue weighted by Gasteiger charge is -2.03. The Balaban J connectivity index is 0.00000264. The van der Waals surface area contributed by atoms with Gasteiger partial charge in [0.2, 0.25) is 0 Å². The van der Waals surface area contributed by atoms with Crippen LogP contribution in [-0.4, -0.2) is 34.8 Å². The maximum atomic E-state index is 5.78. The van der Waals surface area contributed by atoms with Crippen molar-refractivity contribution in [1.82, 2.24) is 20.5 Å². The van der Waals surface area contributed by atoms with Gasteiger partial charge in [-0.1, -0.05) is 13.3 Å². The fourth-order valence-electron chi connectivity index (χ4n) is 1.84. The molecule has 0 bridgehead atoms. The van der Waals surface area contributed by atoms with Crippen LogP contribution in [0.5, 0.6) is 5.75 Å². The molecule has 23 heavy (non-hydrogen) atoms. The van der Waals surface area contributed by atoms with E-state index in [1.54, 1.807) is 7.11 Å². The number of hydrogen-bond acceptors (Lipinski definition) is 4. The summed E-state index contributed by atoms with van der Waals surface area (Å²) in [4.78, 5) is 8.64. The average molecular weight is 430 g/mol. The van der Waals surface area contributed by atoms with Gasteiger partial charge in [-0.15, -0.1) is 24.0 Å². The number of aromatic nitrogens is 3. The van der Waals surface area contributed by atoms with Gasteiger partial charge in [0, 0.05) is 12.1 Å². The lowest BCUT2D eigenvalue weighted by Crippen LogP contribution is -2.32. The van der Waals surface area contributed by atoms with E-state index in [1.165, 1.54) is 0 Å². The first-order valence-corrected chi connectivity index (χ1v) is 7.32. The Morgan fingerprint density at radius 3 is 2.74 bits per heavy atom. The van der Waals surface area contributed by atoms with Crippen LogP contribution in [-0.2, 0) is 6.54 Å². The molecule has 0 unspecified atom stereocenters. The maximum absolute atomic E-state index is 5.78. The van der Waals surface area contributed by atoms with Gasteiger partial charge in [0.25, 0.3) is 0 Å². The largest absolute Gasteiger partial charge is 0.497 e. The minimum absolute atomic E-state index is 0. The van der Waals surface area contributed by atoms with Crippen LogP contribution in [0.3, 0.4) is 0 Å². The van der Waals surface area contributed by atoms with Gasteiger partial charge < -0.3 is 15.8 Å². The molecular weight excluding hydrogens is 407 g/mol. The number of aromatic amines is 1. The van der Waals surface area contributed by atoms with Crippen molar-refractivity contribution in [2.75, 3.05) is 13.7 Å². The number of hydrogen-bond donors (Lipinski definition) is 3. The molecule has 0 atom stereocenters. The number of halogens is 1. The van der Waals surface area contributed by atoms with Crippen LogP contribution in [0.15, 0.2) is 29.3 Å². The number of nitrogens with two attached hydrogens (primary N) is 1. The molecule has 1 heterocycles. The number of rotatable bonds is 7. The molecule has 2 rings (SSSR count). The third kappa shape index (κ3) is 6.05. The van der Waals surface area contributed by atoms with E-state index < -0.39 is 0 Å². The monoisotopic (exact) mass is 430 g/mol. The topological polar surface area (TPSA) is 101 Å². The number of H-pyrrole nitrogens is 1. The average Bonchev–Trinajstić information content (AvgIpc) is 3.02. The van der Waals surface area contributed by atoms with Crippen LogP contribution in [0.25, 0.3) is 11.4 Å². The third-order valence-corrected chi connectivity index (χ3v) is 3.12. The van der Waals surface area contributed by atoms with Gasteiger partial charge in [-0.2, -0.15) is 5.10 Å². The summed E-state index contributed by atoms with van der Waals surface area (Å²) >= 11 is 0. The number of nitrogens with zero attached hydrogens (tertiary/aromatic N) is 3. The first-order chi connectivity index (χ1) is 10.7. The van der Waals surface area contributed by atoms with Crippen molar-refractivity contribution in [3.05, 3.63) is 30.1 Å². The Labute approximate surface area is 153 Å². The van der Waals surface area contributed by atoms with Crippen molar-refractivity contribution in [3.8, 4) is 17.1 Å². The predicted octanol–water partition coefficient (Wildman–Crippen LogP) is 2.30. The van der Waals surface area contributed by atoms with Crippen LogP contribution in [0.2, 0.25) is 0 Å². The molecule has 0 aliphatic rings. The lowest BCUT2D eigenvalue weighted by molar-refractivity contribution is 0.415. The smallest absolute Gasteiger partial charge is 0.189 e. The number of nitrogens with one attached hydrogen (secondary N) is 2. The van der Waals surface area contributed by atoms with Crippen molar-refractivity contribution in [3.63, 3.8) is 0 Å². The second kappa shape index (κ2) is 10.0. The van der Waals surface area contributed by atoms with Gasteiger partial charge in [0.1, 0.15) is 18.1 Å². The third-order valence-electron chi connectivity index (χ3n) is 3.12. The van der Waals surface area contributed by atoms with Crippen LogP contribution in [0, 0.1) is 0 Å². The Morgan fingerprint density at radius 1 is 1.35 bits per heavy atom. The maximum Gasteiger partial charge on any atom is 0.189 e. The van der Waals surface area contributed by atoms with E-state index in [1.807, 2.05) is 24.3 Å². The Morgan fingerprint density at radius 2 is 2.09 bits per heavy atom. The summed E-state index contributed by atoms with van der Waals surface area (Å²) in [6.07, 6.45) is 2.19. The number of guanidine groups is 1. The van der Waals surface area contributed by atoms with Crippen LogP contribution >= 0.6 is 24.0 Å². The van der Waals surface area contributed by atoms with E-state index in [9.17, 15) is 0 Å². The summed E-state index contributed by atoms with van der Waals surface area (Å²) in [5.41, 5.74) is 6.69. The summed E-state index contributed by atoms with van der Waals surface area (Å²) in [6, 6.07) is 7.57. The standard InChI is InChI=1S/C15H22N6O.HI/c1-3-4-9-17-15(16)18-10-13-19-14(21-20-13)11-5-7-12(22-2)8-6-11;/h5-8H,3-4,9-10H2,1-2H3,(H3,16,17,18)(H,19,20,21);1H. The number of ether oxygens (including phenoxy) is 1. The Hall–Kier alpha value is -1.84. The van der Waals surface area contributed by atoms with Crippen molar-refractivity contribution in [2.24, 2.45) is 10.7 Å². The number of aliphatic imine (C=N–C) groups is 1. The van der Waals surface area contributed by atoms with E-state index in [0.29, 0.717) is 24.2 Å². The molecule has 0 radical (unpaired) electrons. The number of methoxy groups -OCH3 is 1. The van der Waals surface area contributed by atoms with Crippen molar-refractivity contribution >= 4 is 29.9 Å². The molecule has 0 aliphatic heterocycles. The van der Waals surface area contributed by atoms with Gasteiger partial charge >= 0.3 is 0 Å². The highest BCUT2D eigenvalue weighted by Crippen LogP contribution is 2.18. The lowest BCUT2D eigenvalue weighted by atomic mass is 10.2. The van der Waals surface area contributed by atoms with Gasteiger partial charge in [0.15, 0.2) is 11.8 Å². The van der Waals surface area contributed by atoms with Crippen molar-refractivity contribution in [1.29, 1.82) is 0 Å². The van der Waals surface area contributed by atoms with Crippen LogP contribution in [0.1, 0.15) is 25.6 Å². The minimum atomic E-state index is 0. The number of benzene rings is 1. The summed E-state index contributed by atoms with van der Waals surface area (Å²) < 4.78 is 5.13. The summed E-state index contributed by atoms with van der Waals surface area (Å²) in [6.45, 7) is 3.33. The molecule has 0 aliphatic carbocycles. The van der Waals surface area contributed by atoms with Crippen LogP contribution < -0.4 is 15.8 Å². The zero-order valence-corrected chi connectivity index (χ0v) is 15.7. The van der Waals surface area contributed by atoms with E-state index in [0.717, 1.165) is 30.7 Å². The molecule has 8 heteroatoms. The summed E-state index contributed by atoms with van der Waals surface area (Å²) in [5.74, 6) is 2.53. The zero-order chi connectivity index (χ0) is 15.8. The highest BCUT2D eigenvalue weighted by molar-refractivity contribution is 14.0. The van der Waals surface area contributed by atoms with Gasteiger partial charge in [-0.25, -0.2) is 9.98 Å². The molecule has 2 aromatic rings. The molecule has 0 amide bonds. The van der Waals surface area contributed by atoms with Gasteiger partial charge in [-0.05, 0) is 30.7 Å². The second-order valence-corrected chi connectivity index (χ2v) is 4.82. The van der Waals surface area contributed by atoms with Crippen LogP contribution in [0.4, 0.5) is 0 Å². The molecule has 1 aromatic carbocycles. The first kappa shape index (κ1) is 19.2. The van der Waals surface area contributed by atoms with E-state index in [4.69, 9.17) is 10.5 Å². The van der Waals surface area contributed by atoms with Gasteiger partial charge in [-0.3, -0.25) is 5.10 Å². The highest BCUT2D eigenvalue weighted by Gasteiger charge is 2.05. The molecule has 7 nitrogen and oxygen atoms in total. The minimum Gasteiger partial charge on any atom is -0.497 e. The molecule has 0 spiro atoms. The first-order valence-electron chi connectivity index (χ1n) is 7.32. The van der Waals surface area contributed by atoms with Crippen molar-refractivity contribution < 1.29 is 4.74 Å². The quantitative estimate of drug-likeness (QED) is 0.271. The Bertz CT molecular complexity index is 611. The summed E-state index contributed by atoms with van der Waals surface area (Å²) in [5, 5.41) is 10.1. The molecule has 1 aromatic heterocycles. The summed E-state index contributed by atoms with van der Waals surface area (Å²) in [7, 11) is 1.64. The fourth-order valence-corrected chi connectivity index (χ4v) is 1.84.